The van der Waals surface area contributed by atoms with Gasteiger partial charge in [-0.15, -0.1) is 0 Å². The van der Waals surface area contributed by atoms with Crippen LogP contribution in [0.3, 0.4) is 0 Å². The van der Waals surface area contributed by atoms with E-state index in [0.717, 1.165) is 25.9 Å². The molecule has 1 aliphatic heterocycles. The molecule has 0 N–H and O–H groups in total. The minimum atomic E-state index is 0.425. The van der Waals surface area contributed by atoms with Gasteiger partial charge < -0.3 is 4.90 Å². The van der Waals surface area contributed by atoms with Crippen molar-refractivity contribution in [2.75, 3.05) is 13.1 Å². The summed E-state index contributed by atoms with van der Waals surface area (Å²) in [6.07, 6.45) is 7.69. The average Bonchev–Trinajstić information content (AvgIpc) is 2.99. The molecule has 2 saturated carbocycles. The molecule has 0 aromatic heterocycles. The zero-order chi connectivity index (χ0) is 8.89. The van der Waals surface area contributed by atoms with Crippen LogP contribution in [-0.4, -0.2) is 23.9 Å². The molecule has 72 valence electrons. The number of nitrogens with zero attached hydrogens (tertiary/aromatic N) is 1. The first-order valence-electron chi connectivity index (χ1n) is 5.58. The molecule has 3 rings (SSSR count). The first-order chi connectivity index (χ1) is 6.29. The monoisotopic (exact) mass is 179 g/mol. The van der Waals surface area contributed by atoms with Crippen LogP contribution in [-0.2, 0) is 4.79 Å². The lowest BCUT2D eigenvalue weighted by molar-refractivity contribution is -0.134. The van der Waals surface area contributed by atoms with Gasteiger partial charge in [-0.2, -0.15) is 0 Å². The van der Waals surface area contributed by atoms with Crippen LogP contribution in [0.2, 0.25) is 0 Å². The Morgan fingerprint density at radius 2 is 2.00 bits per heavy atom. The maximum absolute atomic E-state index is 11.8. The second-order valence-electron chi connectivity index (χ2n) is 5.14. The molecular formula is C11H17NO. The van der Waals surface area contributed by atoms with Crippen molar-refractivity contribution < 1.29 is 4.79 Å². The molecule has 2 aliphatic carbocycles. The van der Waals surface area contributed by atoms with E-state index in [2.05, 4.69) is 4.90 Å². The Bertz CT molecular complexity index is 240. The van der Waals surface area contributed by atoms with Crippen molar-refractivity contribution in [1.82, 2.24) is 4.90 Å². The minimum absolute atomic E-state index is 0.425. The summed E-state index contributed by atoms with van der Waals surface area (Å²) in [7, 11) is 0. The van der Waals surface area contributed by atoms with E-state index in [1.165, 1.54) is 25.7 Å². The Hall–Kier alpha value is -0.530. The minimum Gasteiger partial charge on any atom is -0.342 e. The lowest BCUT2D eigenvalue weighted by Gasteiger charge is -2.33. The summed E-state index contributed by atoms with van der Waals surface area (Å²) in [5.74, 6) is 0.889. The topological polar surface area (TPSA) is 20.3 Å². The number of likely N-dealkylation sites (tertiary alicyclic amines) is 1. The fraction of sp³-hybridized carbons (Fsp3) is 0.909. The quantitative estimate of drug-likeness (QED) is 0.601. The number of rotatable bonds is 1. The van der Waals surface area contributed by atoms with E-state index in [-0.39, 0.29) is 0 Å². The molecular weight excluding hydrogens is 162 g/mol. The van der Waals surface area contributed by atoms with Gasteiger partial charge in [0.15, 0.2) is 0 Å². The van der Waals surface area contributed by atoms with Crippen molar-refractivity contribution in [2.45, 2.75) is 38.5 Å². The summed E-state index contributed by atoms with van der Waals surface area (Å²) in [5, 5.41) is 0. The maximum atomic E-state index is 11.8. The third-order valence-corrected chi connectivity index (χ3v) is 3.86. The van der Waals surface area contributed by atoms with Crippen LogP contribution in [0.4, 0.5) is 0 Å². The molecule has 1 saturated heterocycles. The highest BCUT2D eigenvalue weighted by atomic mass is 16.2. The lowest BCUT2D eigenvalue weighted by Crippen LogP contribution is -2.41. The molecule has 2 nitrogen and oxygen atoms in total. The van der Waals surface area contributed by atoms with Gasteiger partial charge in [-0.25, -0.2) is 0 Å². The summed E-state index contributed by atoms with van der Waals surface area (Å²) in [4.78, 5) is 13.9. The zero-order valence-corrected chi connectivity index (χ0v) is 8.09. The average molecular weight is 179 g/mol. The van der Waals surface area contributed by atoms with Crippen LogP contribution >= 0.6 is 0 Å². The van der Waals surface area contributed by atoms with Crippen LogP contribution in [0.15, 0.2) is 0 Å². The van der Waals surface area contributed by atoms with Gasteiger partial charge >= 0.3 is 0 Å². The fourth-order valence-electron chi connectivity index (χ4n) is 2.57. The SMILES string of the molecule is O=C(C1CC1)N1CCCC2(CC2)C1. The van der Waals surface area contributed by atoms with Crippen LogP contribution in [0.25, 0.3) is 0 Å². The number of hydrogen-bond donors (Lipinski definition) is 0. The third kappa shape index (κ3) is 1.36. The molecule has 0 bridgehead atoms. The highest BCUT2D eigenvalue weighted by Crippen LogP contribution is 2.52. The molecule has 0 unspecified atom stereocenters. The summed E-state index contributed by atoms with van der Waals surface area (Å²) in [6, 6.07) is 0. The van der Waals surface area contributed by atoms with Gasteiger partial charge in [-0.05, 0) is 43.9 Å². The number of carbonyl (C=O) groups is 1. The van der Waals surface area contributed by atoms with E-state index >= 15 is 0 Å². The molecule has 0 radical (unpaired) electrons. The lowest BCUT2D eigenvalue weighted by atomic mass is 9.95. The Labute approximate surface area is 79.3 Å². The molecule has 1 heterocycles. The molecule has 0 atom stereocenters. The largest absolute Gasteiger partial charge is 0.342 e. The van der Waals surface area contributed by atoms with Gasteiger partial charge in [-0.3, -0.25) is 4.79 Å². The predicted molar refractivity (Wildman–Crippen MR) is 50.2 cm³/mol. The number of carbonyl (C=O) groups excluding carboxylic acids is 1. The summed E-state index contributed by atoms with van der Waals surface area (Å²) >= 11 is 0. The molecule has 1 spiro atoms. The highest BCUT2D eigenvalue weighted by molar-refractivity contribution is 5.81. The van der Waals surface area contributed by atoms with Gasteiger partial charge in [0.05, 0.1) is 0 Å². The van der Waals surface area contributed by atoms with Crippen molar-refractivity contribution in [3.63, 3.8) is 0 Å². The fourth-order valence-corrected chi connectivity index (χ4v) is 2.57. The Balaban J connectivity index is 1.66. The second-order valence-corrected chi connectivity index (χ2v) is 5.14. The normalized spacial score (nSPS) is 30.6. The third-order valence-electron chi connectivity index (χ3n) is 3.86. The van der Waals surface area contributed by atoms with Gasteiger partial charge in [0, 0.05) is 19.0 Å². The predicted octanol–water partition coefficient (Wildman–Crippen LogP) is 1.80. The Morgan fingerprint density at radius 3 is 2.62 bits per heavy atom. The molecule has 13 heavy (non-hydrogen) atoms. The zero-order valence-electron chi connectivity index (χ0n) is 8.09. The first-order valence-corrected chi connectivity index (χ1v) is 5.58. The van der Waals surface area contributed by atoms with Gasteiger partial charge in [0.2, 0.25) is 5.91 Å². The van der Waals surface area contributed by atoms with Crippen LogP contribution in [0.1, 0.15) is 38.5 Å². The van der Waals surface area contributed by atoms with Gasteiger partial charge in [0.25, 0.3) is 0 Å². The molecule has 3 fully saturated rings. The summed E-state index contributed by atoms with van der Waals surface area (Å²) < 4.78 is 0. The maximum Gasteiger partial charge on any atom is 0.225 e. The standard InChI is InChI=1S/C11H17NO/c13-10(9-2-3-9)12-7-1-4-11(8-12)5-6-11/h9H,1-8H2. The van der Waals surface area contributed by atoms with Gasteiger partial charge in [0.1, 0.15) is 0 Å². The Morgan fingerprint density at radius 1 is 1.23 bits per heavy atom. The highest BCUT2D eigenvalue weighted by Gasteiger charge is 2.47. The van der Waals surface area contributed by atoms with E-state index in [4.69, 9.17) is 0 Å². The Kier molecular flexibility index (Phi) is 1.50. The summed E-state index contributed by atoms with van der Waals surface area (Å²) in [5.41, 5.74) is 0.600. The van der Waals surface area contributed by atoms with E-state index in [1.54, 1.807) is 0 Å². The van der Waals surface area contributed by atoms with Crippen molar-refractivity contribution in [3.8, 4) is 0 Å². The number of hydrogen-bond acceptors (Lipinski definition) is 1. The number of piperidine rings is 1. The second kappa shape index (κ2) is 2.49. The van der Waals surface area contributed by atoms with Gasteiger partial charge in [-0.1, -0.05) is 0 Å². The summed E-state index contributed by atoms with van der Waals surface area (Å²) in [6.45, 7) is 2.12. The molecule has 2 heteroatoms. The smallest absolute Gasteiger partial charge is 0.225 e. The van der Waals surface area contributed by atoms with E-state index in [1.807, 2.05) is 0 Å². The van der Waals surface area contributed by atoms with E-state index in [9.17, 15) is 4.79 Å². The van der Waals surface area contributed by atoms with Crippen LogP contribution in [0.5, 0.6) is 0 Å². The number of amides is 1. The van der Waals surface area contributed by atoms with Crippen molar-refractivity contribution >= 4 is 5.91 Å². The first kappa shape index (κ1) is 7.84. The van der Waals surface area contributed by atoms with Crippen molar-refractivity contribution in [2.24, 2.45) is 11.3 Å². The van der Waals surface area contributed by atoms with Crippen LogP contribution in [0, 0.1) is 11.3 Å². The van der Waals surface area contributed by atoms with E-state index < -0.39 is 0 Å². The van der Waals surface area contributed by atoms with Crippen molar-refractivity contribution in [1.29, 1.82) is 0 Å². The van der Waals surface area contributed by atoms with Crippen LogP contribution < -0.4 is 0 Å². The van der Waals surface area contributed by atoms with E-state index in [0.29, 0.717) is 17.2 Å². The van der Waals surface area contributed by atoms with Crippen molar-refractivity contribution in [3.05, 3.63) is 0 Å². The molecule has 0 aromatic rings. The molecule has 3 aliphatic rings. The molecule has 0 aromatic carbocycles. The molecule has 1 amide bonds.